The summed E-state index contributed by atoms with van der Waals surface area (Å²) in [4.78, 5) is 14.7. The second-order valence-corrected chi connectivity index (χ2v) is 7.87. The van der Waals surface area contributed by atoms with E-state index in [0.717, 1.165) is 0 Å². The molecule has 0 saturated heterocycles. The first-order valence-corrected chi connectivity index (χ1v) is 8.33. The van der Waals surface area contributed by atoms with Crippen LogP contribution in [0.5, 0.6) is 0 Å². The van der Waals surface area contributed by atoms with E-state index in [4.69, 9.17) is 0 Å². The Morgan fingerprint density at radius 2 is 2.05 bits per heavy atom. The number of carbonyl (C=O) groups excluding carboxylic acids is 1. The number of hydrogen-bond acceptors (Lipinski definition) is 3. The van der Waals surface area contributed by atoms with Gasteiger partial charge in [-0.25, -0.2) is 0 Å². The summed E-state index contributed by atoms with van der Waals surface area (Å²) >= 11 is 1.91. The highest BCUT2D eigenvalue weighted by atomic mass is 32.1. The van der Waals surface area contributed by atoms with E-state index in [1.165, 1.54) is 36.1 Å². The molecule has 0 aromatic carbocycles. The zero-order valence-electron chi connectivity index (χ0n) is 13.0. The van der Waals surface area contributed by atoms with Gasteiger partial charge in [0.2, 0.25) is 5.91 Å². The second kappa shape index (κ2) is 6.27. The molecule has 3 nitrogen and oxygen atoms in total. The lowest BCUT2D eigenvalue weighted by atomic mass is 9.99. The van der Waals surface area contributed by atoms with Gasteiger partial charge in [-0.15, -0.1) is 11.3 Å². The molecule has 20 heavy (non-hydrogen) atoms. The quantitative estimate of drug-likeness (QED) is 0.895. The lowest BCUT2D eigenvalue weighted by Gasteiger charge is -2.21. The van der Waals surface area contributed by atoms with Gasteiger partial charge in [0.05, 0.1) is 6.54 Å². The molecule has 1 aliphatic rings. The van der Waals surface area contributed by atoms with Crippen LogP contribution in [0.4, 0.5) is 0 Å². The maximum absolute atomic E-state index is 11.8. The molecule has 1 aliphatic carbocycles. The summed E-state index contributed by atoms with van der Waals surface area (Å²) < 4.78 is 0. The maximum atomic E-state index is 11.8. The minimum absolute atomic E-state index is 0.0608. The third-order valence-electron chi connectivity index (χ3n) is 3.53. The van der Waals surface area contributed by atoms with E-state index in [1.807, 2.05) is 32.1 Å². The summed E-state index contributed by atoms with van der Waals surface area (Å²) in [6, 6.07) is 2.58. The van der Waals surface area contributed by atoms with Crippen LogP contribution in [-0.2, 0) is 17.6 Å². The van der Waals surface area contributed by atoms with E-state index >= 15 is 0 Å². The van der Waals surface area contributed by atoms with E-state index in [9.17, 15) is 4.79 Å². The molecule has 1 aromatic rings. The van der Waals surface area contributed by atoms with Crippen LogP contribution in [0.15, 0.2) is 6.07 Å². The molecule has 1 heterocycles. The number of rotatable bonds is 4. The molecule has 1 aromatic heterocycles. The highest BCUT2D eigenvalue weighted by Crippen LogP contribution is 2.32. The largest absolute Gasteiger partial charge is 0.350 e. The first-order valence-electron chi connectivity index (χ1n) is 7.51. The van der Waals surface area contributed by atoms with Crippen LogP contribution in [0, 0.1) is 0 Å². The van der Waals surface area contributed by atoms with Crippen molar-refractivity contribution < 1.29 is 4.79 Å². The van der Waals surface area contributed by atoms with Gasteiger partial charge in [-0.2, -0.15) is 0 Å². The van der Waals surface area contributed by atoms with Gasteiger partial charge in [-0.05, 0) is 65.0 Å². The molecule has 112 valence electrons. The number of fused-ring (bicyclic) bond motifs is 1. The molecule has 2 rings (SSSR count). The molecule has 2 N–H and O–H groups in total. The smallest absolute Gasteiger partial charge is 0.234 e. The summed E-state index contributed by atoms with van der Waals surface area (Å²) in [6.07, 6.45) is 5.10. The van der Waals surface area contributed by atoms with Crippen molar-refractivity contribution in [3.8, 4) is 0 Å². The third kappa shape index (κ3) is 4.32. The predicted octanol–water partition coefficient (Wildman–Crippen LogP) is 3.19. The standard InChI is InChI=1S/C16H26N2OS/c1-11(17-10-15(19)18-16(2,3)4)14-9-12-7-5-6-8-13(12)20-14/h9,11,17H,5-8,10H2,1-4H3,(H,18,19). The van der Waals surface area contributed by atoms with E-state index < -0.39 is 0 Å². The van der Waals surface area contributed by atoms with E-state index in [-0.39, 0.29) is 17.5 Å². The number of aryl methyl sites for hydroxylation is 2. The van der Waals surface area contributed by atoms with Crippen molar-refractivity contribution >= 4 is 17.2 Å². The summed E-state index contributed by atoms with van der Waals surface area (Å²) in [5.41, 5.74) is 1.37. The molecular formula is C16H26N2OS. The van der Waals surface area contributed by atoms with Crippen molar-refractivity contribution in [1.29, 1.82) is 0 Å². The highest BCUT2D eigenvalue weighted by Gasteiger charge is 2.18. The number of hydrogen-bond donors (Lipinski definition) is 2. The lowest BCUT2D eigenvalue weighted by molar-refractivity contribution is -0.121. The Balaban J connectivity index is 1.87. The van der Waals surface area contributed by atoms with Gasteiger partial charge in [0.15, 0.2) is 0 Å². The van der Waals surface area contributed by atoms with Crippen LogP contribution in [-0.4, -0.2) is 18.0 Å². The first-order chi connectivity index (χ1) is 9.35. The van der Waals surface area contributed by atoms with Crippen molar-refractivity contribution in [3.05, 3.63) is 21.4 Å². The van der Waals surface area contributed by atoms with Gasteiger partial charge >= 0.3 is 0 Å². The molecule has 1 atom stereocenters. The summed E-state index contributed by atoms with van der Waals surface area (Å²) in [7, 11) is 0. The Hall–Kier alpha value is -0.870. The van der Waals surface area contributed by atoms with Crippen molar-refractivity contribution in [2.75, 3.05) is 6.54 Å². The van der Waals surface area contributed by atoms with Crippen LogP contribution in [0.3, 0.4) is 0 Å². The zero-order valence-corrected chi connectivity index (χ0v) is 13.8. The second-order valence-electron chi connectivity index (χ2n) is 6.71. The Bertz CT molecular complexity index is 450. The monoisotopic (exact) mass is 294 g/mol. The van der Waals surface area contributed by atoms with Crippen molar-refractivity contribution in [2.24, 2.45) is 0 Å². The Labute approximate surface area is 126 Å². The van der Waals surface area contributed by atoms with Gasteiger partial charge in [0, 0.05) is 21.3 Å². The minimum Gasteiger partial charge on any atom is -0.350 e. The average Bonchev–Trinajstić information content (AvgIpc) is 2.77. The summed E-state index contributed by atoms with van der Waals surface area (Å²) in [6.45, 7) is 8.52. The van der Waals surface area contributed by atoms with Crippen LogP contribution in [0.25, 0.3) is 0 Å². The van der Waals surface area contributed by atoms with E-state index in [2.05, 4.69) is 23.6 Å². The molecule has 0 saturated carbocycles. The van der Waals surface area contributed by atoms with Crippen molar-refractivity contribution in [3.63, 3.8) is 0 Å². The van der Waals surface area contributed by atoms with Gasteiger partial charge in [0.25, 0.3) is 0 Å². The molecule has 0 spiro atoms. The topological polar surface area (TPSA) is 41.1 Å². The van der Waals surface area contributed by atoms with Crippen LogP contribution < -0.4 is 10.6 Å². The number of carbonyl (C=O) groups is 1. The van der Waals surface area contributed by atoms with Gasteiger partial charge < -0.3 is 10.6 Å². The van der Waals surface area contributed by atoms with Crippen molar-refractivity contribution in [1.82, 2.24) is 10.6 Å². The fourth-order valence-electron chi connectivity index (χ4n) is 2.54. The fraction of sp³-hybridized carbons (Fsp3) is 0.688. The molecule has 0 radical (unpaired) electrons. The van der Waals surface area contributed by atoms with Crippen LogP contribution in [0.2, 0.25) is 0 Å². The Morgan fingerprint density at radius 1 is 1.35 bits per heavy atom. The minimum atomic E-state index is -0.163. The SMILES string of the molecule is CC(NCC(=O)NC(C)(C)C)c1cc2c(s1)CCCC2. The zero-order chi connectivity index (χ0) is 14.8. The van der Waals surface area contributed by atoms with Crippen LogP contribution >= 0.6 is 11.3 Å². The molecule has 1 amide bonds. The molecule has 0 bridgehead atoms. The lowest BCUT2D eigenvalue weighted by Crippen LogP contribution is -2.45. The summed E-state index contributed by atoms with van der Waals surface area (Å²) in [5.74, 6) is 0.0608. The van der Waals surface area contributed by atoms with Crippen LogP contribution in [0.1, 0.15) is 61.9 Å². The Morgan fingerprint density at radius 3 is 2.70 bits per heavy atom. The van der Waals surface area contributed by atoms with Gasteiger partial charge in [0.1, 0.15) is 0 Å². The Kier molecular flexibility index (Phi) is 4.86. The summed E-state index contributed by atoms with van der Waals surface area (Å²) in [5, 5.41) is 6.31. The van der Waals surface area contributed by atoms with Gasteiger partial charge in [-0.3, -0.25) is 4.79 Å². The maximum Gasteiger partial charge on any atom is 0.234 e. The molecule has 0 aliphatic heterocycles. The van der Waals surface area contributed by atoms with Crippen molar-refractivity contribution in [2.45, 2.75) is 65.0 Å². The normalized spacial score (nSPS) is 16.6. The third-order valence-corrected chi connectivity index (χ3v) is 4.95. The number of amides is 1. The highest BCUT2D eigenvalue weighted by molar-refractivity contribution is 7.12. The number of thiophene rings is 1. The fourth-order valence-corrected chi connectivity index (χ4v) is 3.82. The van der Waals surface area contributed by atoms with Gasteiger partial charge in [-0.1, -0.05) is 0 Å². The molecule has 0 fully saturated rings. The molecule has 4 heteroatoms. The van der Waals surface area contributed by atoms with E-state index in [1.54, 1.807) is 4.88 Å². The predicted molar refractivity (Wildman–Crippen MR) is 85.3 cm³/mol. The number of nitrogens with one attached hydrogen (secondary N) is 2. The molecular weight excluding hydrogens is 268 g/mol. The first kappa shape index (κ1) is 15.5. The van der Waals surface area contributed by atoms with E-state index in [0.29, 0.717) is 6.54 Å². The molecule has 1 unspecified atom stereocenters. The average molecular weight is 294 g/mol.